The molecule has 1 aliphatic rings. The van der Waals surface area contributed by atoms with Crippen LogP contribution in [-0.4, -0.2) is 10.9 Å². The van der Waals surface area contributed by atoms with Gasteiger partial charge in [-0.05, 0) is 23.6 Å². The summed E-state index contributed by atoms with van der Waals surface area (Å²) in [5.41, 5.74) is 2.05. The lowest BCUT2D eigenvalue weighted by Gasteiger charge is -2.16. The van der Waals surface area contributed by atoms with E-state index >= 15 is 0 Å². The van der Waals surface area contributed by atoms with Gasteiger partial charge in [0.25, 0.3) is 0 Å². The number of fused-ring (bicyclic) bond motifs is 1. The van der Waals surface area contributed by atoms with Crippen LogP contribution >= 0.6 is 0 Å². The van der Waals surface area contributed by atoms with Crippen molar-refractivity contribution in [2.45, 2.75) is 19.3 Å². The smallest absolute Gasteiger partial charge is 0.137 e. The Morgan fingerprint density at radius 2 is 2.14 bits per heavy atom. The molecule has 0 saturated carbocycles. The molecule has 0 atom stereocenters. The first-order chi connectivity index (χ1) is 6.72. The molecule has 2 rings (SSSR count). The fraction of sp³-hybridized carbons (Fsp3) is 0.273. The Morgan fingerprint density at radius 3 is 2.86 bits per heavy atom. The Labute approximate surface area is 81.6 Å². The summed E-state index contributed by atoms with van der Waals surface area (Å²) >= 11 is 0. The molecule has 1 aromatic rings. The minimum Gasteiger partial charge on any atom is -0.507 e. The molecular weight excluding hydrogens is 178 g/mol. The van der Waals surface area contributed by atoms with Crippen LogP contribution in [0.5, 0.6) is 5.75 Å². The van der Waals surface area contributed by atoms with Gasteiger partial charge in [-0.25, -0.2) is 0 Å². The highest BCUT2D eigenvalue weighted by Crippen LogP contribution is 2.28. The van der Waals surface area contributed by atoms with Crippen molar-refractivity contribution in [1.29, 1.82) is 5.26 Å². The van der Waals surface area contributed by atoms with Gasteiger partial charge in [0.15, 0.2) is 0 Å². The van der Waals surface area contributed by atoms with Crippen molar-refractivity contribution in [2.24, 2.45) is 0 Å². The van der Waals surface area contributed by atoms with Gasteiger partial charge in [0.2, 0.25) is 0 Å². The SMILES string of the molecule is N#Cc1c(O)ccc2c1CCC(=O)C2. The summed E-state index contributed by atoms with van der Waals surface area (Å²) in [4.78, 5) is 11.2. The highest BCUT2D eigenvalue weighted by atomic mass is 16.3. The average molecular weight is 187 g/mol. The van der Waals surface area contributed by atoms with Gasteiger partial charge < -0.3 is 5.11 Å². The number of phenols is 1. The third kappa shape index (κ3) is 1.25. The van der Waals surface area contributed by atoms with Crippen LogP contribution in [0.4, 0.5) is 0 Å². The molecule has 0 heterocycles. The summed E-state index contributed by atoms with van der Waals surface area (Å²) in [5, 5.41) is 18.3. The van der Waals surface area contributed by atoms with E-state index in [2.05, 4.69) is 0 Å². The van der Waals surface area contributed by atoms with E-state index in [-0.39, 0.29) is 11.5 Å². The Bertz CT molecular complexity index is 443. The van der Waals surface area contributed by atoms with Crippen molar-refractivity contribution >= 4 is 5.78 Å². The van der Waals surface area contributed by atoms with E-state index in [9.17, 15) is 9.90 Å². The third-order valence-electron chi connectivity index (χ3n) is 2.54. The van der Waals surface area contributed by atoms with Crippen molar-refractivity contribution in [2.75, 3.05) is 0 Å². The molecule has 0 amide bonds. The van der Waals surface area contributed by atoms with Crippen molar-refractivity contribution in [1.82, 2.24) is 0 Å². The molecule has 3 nitrogen and oxygen atoms in total. The molecule has 0 spiro atoms. The van der Waals surface area contributed by atoms with E-state index in [4.69, 9.17) is 5.26 Å². The van der Waals surface area contributed by atoms with Gasteiger partial charge in [-0.2, -0.15) is 5.26 Å². The standard InChI is InChI=1S/C11H9NO2/c12-6-10-9-3-2-8(13)5-7(9)1-4-11(10)14/h1,4,14H,2-3,5H2. The summed E-state index contributed by atoms with van der Waals surface area (Å²) in [6, 6.07) is 5.18. The molecule has 0 radical (unpaired) electrons. The Balaban J connectivity index is 2.59. The highest BCUT2D eigenvalue weighted by Gasteiger charge is 2.20. The lowest BCUT2D eigenvalue weighted by Crippen LogP contribution is -2.14. The average Bonchev–Trinajstić information content (AvgIpc) is 2.18. The second-order valence-electron chi connectivity index (χ2n) is 3.42. The zero-order valence-electron chi connectivity index (χ0n) is 7.58. The predicted molar refractivity (Wildman–Crippen MR) is 49.9 cm³/mol. The number of benzene rings is 1. The zero-order valence-corrected chi connectivity index (χ0v) is 7.58. The summed E-state index contributed by atoms with van der Waals surface area (Å²) in [5.74, 6) is 0.215. The number of nitrogens with zero attached hydrogens (tertiary/aromatic N) is 1. The Hall–Kier alpha value is -1.82. The molecule has 70 valence electrons. The Kier molecular flexibility index (Phi) is 1.97. The van der Waals surface area contributed by atoms with Crippen LogP contribution in [0.2, 0.25) is 0 Å². The third-order valence-corrected chi connectivity index (χ3v) is 2.54. The minimum atomic E-state index is 0.0144. The second kappa shape index (κ2) is 3.15. The number of hydrogen-bond acceptors (Lipinski definition) is 3. The van der Waals surface area contributed by atoms with Crippen LogP contribution in [0, 0.1) is 11.3 Å². The lowest BCUT2D eigenvalue weighted by molar-refractivity contribution is -0.118. The first-order valence-corrected chi connectivity index (χ1v) is 4.48. The maximum atomic E-state index is 11.2. The van der Waals surface area contributed by atoms with E-state index in [0.717, 1.165) is 11.1 Å². The number of rotatable bonds is 0. The molecule has 0 aromatic heterocycles. The molecule has 0 aliphatic heterocycles. The van der Waals surface area contributed by atoms with E-state index in [0.29, 0.717) is 24.8 Å². The molecule has 3 heteroatoms. The van der Waals surface area contributed by atoms with Gasteiger partial charge in [0, 0.05) is 12.8 Å². The van der Waals surface area contributed by atoms with Crippen molar-refractivity contribution < 1.29 is 9.90 Å². The van der Waals surface area contributed by atoms with Gasteiger partial charge in [-0.15, -0.1) is 0 Å². The molecule has 0 saturated heterocycles. The number of nitriles is 1. The van der Waals surface area contributed by atoms with Crippen LogP contribution < -0.4 is 0 Å². The van der Waals surface area contributed by atoms with Crippen LogP contribution in [0.25, 0.3) is 0 Å². The highest BCUT2D eigenvalue weighted by molar-refractivity contribution is 5.84. The Morgan fingerprint density at radius 1 is 1.36 bits per heavy atom. The number of ketones is 1. The van der Waals surface area contributed by atoms with Gasteiger partial charge in [-0.3, -0.25) is 4.79 Å². The summed E-state index contributed by atoms with van der Waals surface area (Å²) in [6.45, 7) is 0. The number of hydrogen-bond donors (Lipinski definition) is 1. The number of carbonyl (C=O) groups excluding carboxylic acids is 1. The largest absolute Gasteiger partial charge is 0.507 e. The minimum absolute atomic E-state index is 0.0144. The van der Waals surface area contributed by atoms with Gasteiger partial charge in [0.05, 0.1) is 5.56 Å². The molecular formula is C11H9NO2. The monoisotopic (exact) mass is 187 g/mol. The molecule has 0 unspecified atom stereocenters. The molecule has 0 fully saturated rings. The molecule has 0 bridgehead atoms. The maximum Gasteiger partial charge on any atom is 0.137 e. The van der Waals surface area contributed by atoms with Crippen LogP contribution in [0.3, 0.4) is 0 Å². The van der Waals surface area contributed by atoms with Crippen molar-refractivity contribution in [3.8, 4) is 11.8 Å². The van der Waals surface area contributed by atoms with Crippen LogP contribution in [0.15, 0.2) is 12.1 Å². The van der Waals surface area contributed by atoms with Crippen molar-refractivity contribution in [3.05, 3.63) is 28.8 Å². The number of Topliss-reactive ketones (excluding diaryl/α,β-unsaturated/α-hetero) is 1. The van der Waals surface area contributed by atoms with E-state index < -0.39 is 0 Å². The summed E-state index contributed by atoms with van der Waals surface area (Å²) < 4.78 is 0. The molecule has 1 aliphatic carbocycles. The van der Waals surface area contributed by atoms with Crippen LogP contribution in [0.1, 0.15) is 23.1 Å². The summed E-state index contributed by atoms with van der Waals surface area (Å²) in [6.07, 6.45) is 1.45. The van der Waals surface area contributed by atoms with Gasteiger partial charge in [-0.1, -0.05) is 6.07 Å². The topological polar surface area (TPSA) is 61.1 Å². The quantitative estimate of drug-likeness (QED) is 0.666. The molecule has 14 heavy (non-hydrogen) atoms. The number of aromatic hydroxyl groups is 1. The molecule has 1 aromatic carbocycles. The van der Waals surface area contributed by atoms with E-state index in [1.807, 2.05) is 6.07 Å². The van der Waals surface area contributed by atoms with E-state index in [1.165, 1.54) is 6.07 Å². The fourth-order valence-electron chi connectivity index (χ4n) is 1.82. The number of phenolic OH excluding ortho intramolecular Hbond substituents is 1. The van der Waals surface area contributed by atoms with Gasteiger partial charge >= 0.3 is 0 Å². The van der Waals surface area contributed by atoms with Gasteiger partial charge in [0.1, 0.15) is 17.6 Å². The zero-order chi connectivity index (χ0) is 10.1. The number of carbonyl (C=O) groups is 1. The fourth-order valence-corrected chi connectivity index (χ4v) is 1.82. The lowest BCUT2D eigenvalue weighted by atomic mass is 9.87. The van der Waals surface area contributed by atoms with Crippen molar-refractivity contribution in [3.63, 3.8) is 0 Å². The van der Waals surface area contributed by atoms with E-state index in [1.54, 1.807) is 6.07 Å². The second-order valence-corrected chi connectivity index (χ2v) is 3.42. The maximum absolute atomic E-state index is 11.2. The van der Waals surface area contributed by atoms with Crippen LogP contribution in [-0.2, 0) is 17.6 Å². The first-order valence-electron chi connectivity index (χ1n) is 4.48. The predicted octanol–water partition coefficient (Wildman–Crippen LogP) is 1.32. The first kappa shape index (κ1) is 8.76. The molecule has 1 N–H and O–H groups in total. The summed E-state index contributed by atoms with van der Waals surface area (Å²) in [7, 11) is 0. The normalized spacial score (nSPS) is 14.6.